The van der Waals surface area contributed by atoms with Gasteiger partial charge >= 0.3 is 0 Å². The van der Waals surface area contributed by atoms with Gasteiger partial charge in [0.2, 0.25) is 11.8 Å². The normalized spacial score (nSPS) is 12.0. The van der Waals surface area contributed by atoms with Gasteiger partial charge in [-0.05, 0) is 60.4 Å². The fraction of sp³-hybridized carbons (Fsp3) is 0.257. The summed E-state index contributed by atoms with van der Waals surface area (Å²) in [5.41, 5.74) is 2.70. The molecule has 0 unspecified atom stereocenters. The van der Waals surface area contributed by atoms with E-state index in [0.29, 0.717) is 6.54 Å². The first-order valence-electron chi connectivity index (χ1n) is 14.6. The van der Waals surface area contributed by atoms with E-state index in [1.807, 2.05) is 75.4 Å². The van der Waals surface area contributed by atoms with E-state index in [-0.39, 0.29) is 40.4 Å². The van der Waals surface area contributed by atoms with Crippen molar-refractivity contribution in [3.63, 3.8) is 0 Å². The minimum Gasteiger partial charge on any atom is -0.354 e. The zero-order chi connectivity index (χ0) is 32.6. The second-order valence-corrected chi connectivity index (χ2v) is 14.5. The van der Waals surface area contributed by atoms with Crippen LogP contribution in [-0.2, 0) is 32.6 Å². The Balaban J connectivity index is 1.81. The summed E-state index contributed by atoms with van der Waals surface area (Å²) in [7, 11) is -4.23. The molecule has 0 heterocycles. The summed E-state index contributed by atoms with van der Waals surface area (Å²) in [5, 5.41) is 3.17. The summed E-state index contributed by atoms with van der Waals surface area (Å²) in [6.07, 6.45) is 0.237. The number of para-hydroxylation sites is 1. The summed E-state index contributed by atoms with van der Waals surface area (Å²) in [4.78, 5) is 29.9. The lowest BCUT2D eigenvalue weighted by Gasteiger charge is -2.34. The molecule has 4 aromatic carbocycles. The Morgan fingerprint density at radius 3 is 2.16 bits per heavy atom. The number of halogens is 2. The molecule has 0 aromatic heterocycles. The first kappa shape index (κ1) is 34.2. The third kappa shape index (κ3) is 9.19. The molecular weight excluding hydrogens is 674 g/mol. The predicted octanol–water partition coefficient (Wildman–Crippen LogP) is 7.02. The summed E-state index contributed by atoms with van der Waals surface area (Å²) in [6, 6.07) is 28.9. The molecule has 10 heteroatoms. The fourth-order valence-electron chi connectivity index (χ4n) is 4.81. The van der Waals surface area contributed by atoms with E-state index in [9.17, 15) is 18.0 Å². The van der Waals surface area contributed by atoms with Gasteiger partial charge in [0.1, 0.15) is 12.6 Å². The molecule has 0 aliphatic carbocycles. The molecule has 0 spiro atoms. The number of hydrogen-bond acceptors (Lipinski definition) is 4. The maximum Gasteiger partial charge on any atom is 0.264 e. The molecule has 4 aromatic rings. The number of carbonyl (C=O) groups is 2. The van der Waals surface area contributed by atoms with Crippen LogP contribution >= 0.6 is 27.5 Å². The molecule has 0 radical (unpaired) electrons. The lowest BCUT2D eigenvalue weighted by molar-refractivity contribution is -0.140. The first-order chi connectivity index (χ1) is 21.5. The van der Waals surface area contributed by atoms with E-state index < -0.39 is 28.5 Å². The Labute approximate surface area is 279 Å². The minimum atomic E-state index is -4.23. The molecule has 0 fully saturated rings. The average molecular weight is 711 g/mol. The molecule has 0 aliphatic heterocycles. The van der Waals surface area contributed by atoms with Gasteiger partial charge in [-0.25, -0.2) is 8.42 Å². The van der Waals surface area contributed by atoms with Crippen LogP contribution in [0.4, 0.5) is 5.69 Å². The van der Waals surface area contributed by atoms with Crippen molar-refractivity contribution in [2.24, 2.45) is 5.92 Å². The second kappa shape index (κ2) is 15.6. The smallest absolute Gasteiger partial charge is 0.264 e. The van der Waals surface area contributed by atoms with Gasteiger partial charge in [-0.2, -0.15) is 0 Å². The Kier molecular flexibility index (Phi) is 11.8. The Hall–Kier alpha value is -3.66. The standard InChI is InChI=1S/C35H37BrClN3O4S/c1-25(2)22-38-35(42)33(21-27-10-5-4-6-11-27)39(23-28-12-9-13-29(36)20-28)34(41)24-40(32-15-8-7-14-31(32)37)45(43,44)30-18-16-26(3)17-19-30/h4-20,25,33H,21-24H2,1-3H3,(H,38,42)/t33-/m1/s1. The Morgan fingerprint density at radius 2 is 1.51 bits per heavy atom. The average Bonchev–Trinajstić information content (AvgIpc) is 3.01. The van der Waals surface area contributed by atoms with Crippen LogP contribution in [-0.4, -0.2) is 44.3 Å². The Morgan fingerprint density at radius 1 is 0.867 bits per heavy atom. The third-order valence-electron chi connectivity index (χ3n) is 7.21. The molecular formula is C35H37BrClN3O4S. The number of anilines is 1. The maximum absolute atomic E-state index is 14.5. The molecule has 0 bridgehead atoms. The first-order valence-corrected chi connectivity index (χ1v) is 17.3. The Bertz CT molecular complexity index is 1720. The van der Waals surface area contributed by atoms with Crippen LogP contribution in [0.2, 0.25) is 5.02 Å². The minimum absolute atomic E-state index is 0.0230. The third-order valence-corrected chi connectivity index (χ3v) is 9.79. The van der Waals surface area contributed by atoms with Gasteiger partial charge in [0.15, 0.2) is 0 Å². The molecule has 7 nitrogen and oxygen atoms in total. The second-order valence-electron chi connectivity index (χ2n) is 11.3. The van der Waals surface area contributed by atoms with Crippen molar-refractivity contribution >= 4 is 55.1 Å². The van der Waals surface area contributed by atoms with E-state index in [1.54, 1.807) is 36.4 Å². The maximum atomic E-state index is 14.5. The summed E-state index contributed by atoms with van der Waals surface area (Å²) in [5.74, 6) is -0.677. The van der Waals surface area contributed by atoms with Crippen LogP contribution in [0.3, 0.4) is 0 Å². The number of aryl methyl sites for hydroxylation is 1. The number of nitrogens with one attached hydrogen (secondary N) is 1. The van der Waals surface area contributed by atoms with Crippen LogP contribution in [0, 0.1) is 12.8 Å². The van der Waals surface area contributed by atoms with Crippen molar-refractivity contribution in [3.8, 4) is 0 Å². The number of carbonyl (C=O) groups excluding carboxylic acids is 2. The van der Waals surface area contributed by atoms with Crippen molar-refractivity contribution in [2.75, 3.05) is 17.4 Å². The number of benzene rings is 4. The largest absolute Gasteiger partial charge is 0.354 e. The molecule has 2 amide bonds. The van der Waals surface area contributed by atoms with Crippen LogP contribution < -0.4 is 9.62 Å². The SMILES string of the molecule is Cc1ccc(S(=O)(=O)N(CC(=O)N(Cc2cccc(Br)c2)[C@H](Cc2ccccc2)C(=O)NCC(C)C)c2ccccc2Cl)cc1. The molecule has 0 saturated heterocycles. The predicted molar refractivity (Wildman–Crippen MR) is 184 cm³/mol. The van der Waals surface area contributed by atoms with Crippen LogP contribution in [0.25, 0.3) is 0 Å². The quantitative estimate of drug-likeness (QED) is 0.162. The zero-order valence-electron chi connectivity index (χ0n) is 25.5. The lowest BCUT2D eigenvalue weighted by atomic mass is 10.0. The molecule has 1 N–H and O–H groups in total. The molecule has 1 atom stereocenters. The van der Waals surface area contributed by atoms with Crippen molar-refractivity contribution in [3.05, 3.63) is 129 Å². The fourth-order valence-corrected chi connectivity index (χ4v) is 6.98. The van der Waals surface area contributed by atoms with E-state index >= 15 is 0 Å². The topological polar surface area (TPSA) is 86.8 Å². The number of hydrogen-bond donors (Lipinski definition) is 1. The van der Waals surface area contributed by atoms with E-state index in [0.717, 1.165) is 25.5 Å². The van der Waals surface area contributed by atoms with Gasteiger partial charge in [0.05, 0.1) is 15.6 Å². The van der Waals surface area contributed by atoms with Gasteiger partial charge < -0.3 is 10.2 Å². The van der Waals surface area contributed by atoms with E-state index in [1.165, 1.54) is 17.0 Å². The van der Waals surface area contributed by atoms with E-state index in [4.69, 9.17) is 11.6 Å². The zero-order valence-corrected chi connectivity index (χ0v) is 28.6. The molecule has 4 rings (SSSR count). The van der Waals surface area contributed by atoms with Crippen molar-refractivity contribution < 1.29 is 18.0 Å². The van der Waals surface area contributed by atoms with Gasteiger partial charge in [-0.15, -0.1) is 0 Å². The molecule has 0 aliphatic rings. The highest BCUT2D eigenvalue weighted by atomic mass is 79.9. The summed E-state index contributed by atoms with van der Waals surface area (Å²) < 4.78 is 30.1. The number of sulfonamides is 1. The van der Waals surface area contributed by atoms with Gasteiger partial charge in [-0.3, -0.25) is 13.9 Å². The molecule has 45 heavy (non-hydrogen) atoms. The summed E-state index contributed by atoms with van der Waals surface area (Å²) in [6.45, 7) is 5.78. The number of amides is 2. The van der Waals surface area contributed by atoms with E-state index in [2.05, 4.69) is 21.2 Å². The van der Waals surface area contributed by atoms with Gasteiger partial charge in [0.25, 0.3) is 10.0 Å². The highest BCUT2D eigenvalue weighted by molar-refractivity contribution is 9.10. The molecule has 0 saturated carbocycles. The highest BCUT2D eigenvalue weighted by Crippen LogP contribution is 2.31. The highest BCUT2D eigenvalue weighted by Gasteiger charge is 2.35. The van der Waals surface area contributed by atoms with Gasteiger partial charge in [-0.1, -0.05) is 114 Å². The summed E-state index contributed by atoms with van der Waals surface area (Å²) >= 11 is 10.0. The lowest BCUT2D eigenvalue weighted by Crippen LogP contribution is -2.53. The number of rotatable bonds is 13. The van der Waals surface area contributed by atoms with Crippen LogP contribution in [0.1, 0.15) is 30.5 Å². The van der Waals surface area contributed by atoms with Crippen molar-refractivity contribution in [1.29, 1.82) is 0 Å². The molecule has 236 valence electrons. The monoisotopic (exact) mass is 709 g/mol. The van der Waals surface area contributed by atoms with Crippen LogP contribution in [0.5, 0.6) is 0 Å². The van der Waals surface area contributed by atoms with Crippen molar-refractivity contribution in [1.82, 2.24) is 10.2 Å². The van der Waals surface area contributed by atoms with Gasteiger partial charge in [0, 0.05) is 24.0 Å². The van der Waals surface area contributed by atoms with Crippen LogP contribution in [0.15, 0.2) is 112 Å². The van der Waals surface area contributed by atoms with Crippen molar-refractivity contribution in [2.45, 2.75) is 44.7 Å². The number of nitrogens with zero attached hydrogens (tertiary/aromatic N) is 2.